The number of nitrogens with one attached hydrogen (secondary N) is 1. The number of halogens is 2. The van der Waals surface area contributed by atoms with Gasteiger partial charge in [0.2, 0.25) is 0 Å². The van der Waals surface area contributed by atoms with E-state index < -0.39 is 0 Å². The number of carbonyl (C=O) groups is 1. The van der Waals surface area contributed by atoms with E-state index in [1.807, 2.05) is 35.2 Å². The third-order valence-electron chi connectivity index (χ3n) is 4.91. The van der Waals surface area contributed by atoms with Crippen LogP contribution in [0.2, 0.25) is 10.0 Å². The van der Waals surface area contributed by atoms with E-state index in [1.54, 1.807) is 6.07 Å². The van der Waals surface area contributed by atoms with Crippen molar-refractivity contribution in [2.45, 2.75) is 26.3 Å². The van der Waals surface area contributed by atoms with E-state index in [0.29, 0.717) is 23.7 Å². The van der Waals surface area contributed by atoms with Gasteiger partial charge in [0.1, 0.15) is 0 Å². The van der Waals surface area contributed by atoms with Gasteiger partial charge in [-0.1, -0.05) is 36.2 Å². The first-order chi connectivity index (χ1) is 12.1. The Morgan fingerprint density at radius 3 is 2.80 bits per heavy atom. The fourth-order valence-corrected chi connectivity index (χ4v) is 4.02. The molecule has 0 saturated carbocycles. The summed E-state index contributed by atoms with van der Waals surface area (Å²) in [5, 5.41) is 2.55. The van der Waals surface area contributed by atoms with Gasteiger partial charge in [0.15, 0.2) is 0 Å². The van der Waals surface area contributed by atoms with Gasteiger partial charge in [0.05, 0.1) is 6.54 Å². The van der Waals surface area contributed by atoms with E-state index in [0.717, 1.165) is 40.0 Å². The van der Waals surface area contributed by atoms with Crippen LogP contribution in [0.4, 0.5) is 0 Å². The third kappa shape index (κ3) is 2.92. The summed E-state index contributed by atoms with van der Waals surface area (Å²) in [6.07, 6.45) is 1.68. The topological polar surface area (TPSA) is 36.1 Å². The predicted molar refractivity (Wildman–Crippen MR) is 103 cm³/mol. The summed E-state index contributed by atoms with van der Waals surface area (Å²) in [6.45, 7) is 3.32. The summed E-state index contributed by atoms with van der Waals surface area (Å²) in [5.74, 6) is 0.0203. The Morgan fingerprint density at radius 1 is 1.20 bits per heavy atom. The zero-order valence-electron chi connectivity index (χ0n) is 13.9. The van der Waals surface area contributed by atoms with E-state index in [2.05, 4.69) is 11.9 Å². The van der Waals surface area contributed by atoms with Crippen LogP contribution in [0.1, 0.15) is 34.1 Å². The molecular weight excluding hydrogens is 355 g/mol. The number of amides is 1. The Kier molecular flexibility index (Phi) is 4.22. The Morgan fingerprint density at radius 2 is 2.04 bits per heavy atom. The molecule has 0 unspecified atom stereocenters. The zero-order chi connectivity index (χ0) is 17.6. The van der Waals surface area contributed by atoms with Gasteiger partial charge in [-0.3, -0.25) is 4.79 Å². The number of rotatable bonds is 2. The van der Waals surface area contributed by atoms with Crippen molar-refractivity contribution in [3.8, 4) is 0 Å². The maximum absolute atomic E-state index is 12.9. The molecule has 0 bridgehead atoms. The summed E-state index contributed by atoms with van der Waals surface area (Å²) in [4.78, 5) is 18.2. The average molecular weight is 373 g/mol. The van der Waals surface area contributed by atoms with Crippen LogP contribution < -0.4 is 0 Å². The minimum absolute atomic E-state index is 0.0203. The van der Waals surface area contributed by atoms with Crippen LogP contribution in [0.25, 0.3) is 10.9 Å². The Bertz CT molecular complexity index is 977. The maximum atomic E-state index is 12.9. The second-order valence-corrected chi connectivity index (χ2v) is 7.25. The highest BCUT2D eigenvalue weighted by Crippen LogP contribution is 2.30. The lowest BCUT2D eigenvalue weighted by molar-refractivity contribution is 0.0733. The van der Waals surface area contributed by atoms with Crippen molar-refractivity contribution in [3.05, 3.63) is 68.8 Å². The Hall–Kier alpha value is -1.97. The smallest absolute Gasteiger partial charge is 0.254 e. The number of hydrogen-bond acceptors (Lipinski definition) is 1. The molecule has 1 aromatic heterocycles. The Labute approximate surface area is 156 Å². The van der Waals surface area contributed by atoms with Crippen LogP contribution in [0, 0.1) is 0 Å². The van der Waals surface area contributed by atoms with Crippen LogP contribution in [-0.4, -0.2) is 22.3 Å². The van der Waals surface area contributed by atoms with E-state index in [-0.39, 0.29) is 5.91 Å². The lowest BCUT2D eigenvalue weighted by atomic mass is 10.0. The normalized spacial score (nSPS) is 14.0. The second kappa shape index (κ2) is 6.40. The molecule has 0 radical (unpaired) electrons. The number of carbonyl (C=O) groups excluding carboxylic acids is 1. The van der Waals surface area contributed by atoms with Crippen molar-refractivity contribution < 1.29 is 4.79 Å². The molecule has 3 aromatic rings. The minimum Gasteiger partial charge on any atom is -0.357 e. The molecule has 0 atom stereocenters. The predicted octanol–water partition coefficient (Wildman–Crippen LogP) is 5.24. The molecular formula is C20H18Cl2N2O. The number of fused-ring (bicyclic) bond motifs is 3. The molecule has 2 heterocycles. The number of benzene rings is 2. The number of aromatic nitrogens is 1. The first-order valence-corrected chi connectivity index (χ1v) is 9.19. The van der Waals surface area contributed by atoms with Crippen LogP contribution >= 0.6 is 23.2 Å². The fourth-order valence-electron chi connectivity index (χ4n) is 3.54. The summed E-state index contributed by atoms with van der Waals surface area (Å²) in [7, 11) is 0. The van der Waals surface area contributed by atoms with Crippen molar-refractivity contribution in [1.82, 2.24) is 9.88 Å². The fraction of sp³-hybridized carbons (Fsp3) is 0.250. The first kappa shape index (κ1) is 16.5. The van der Waals surface area contributed by atoms with Crippen molar-refractivity contribution in [1.29, 1.82) is 0 Å². The van der Waals surface area contributed by atoms with Gasteiger partial charge in [-0.25, -0.2) is 0 Å². The van der Waals surface area contributed by atoms with E-state index in [1.165, 1.54) is 5.56 Å². The second-order valence-electron chi connectivity index (χ2n) is 6.41. The highest BCUT2D eigenvalue weighted by atomic mass is 35.5. The third-order valence-corrected chi connectivity index (χ3v) is 5.49. The molecule has 2 aromatic carbocycles. The van der Waals surface area contributed by atoms with Gasteiger partial charge < -0.3 is 9.88 Å². The van der Waals surface area contributed by atoms with E-state index in [9.17, 15) is 4.79 Å². The molecule has 0 aliphatic carbocycles. The molecule has 5 heteroatoms. The molecule has 1 amide bonds. The van der Waals surface area contributed by atoms with Gasteiger partial charge >= 0.3 is 0 Å². The molecule has 128 valence electrons. The quantitative estimate of drug-likeness (QED) is 0.656. The highest BCUT2D eigenvalue weighted by molar-refractivity contribution is 6.32. The molecule has 1 aliphatic rings. The van der Waals surface area contributed by atoms with Crippen molar-refractivity contribution in [2.24, 2.45) is 0 Å². The SMILES string of the molecule is CCc1ccc(C(=O)N2CCc3c([nH]c4ccc(Cl)cc34)C2)cc1Cl. The molecule has 1 aliphatic heterocycles. The minimum atomic E-state index is 0.0203. The lowest BCUT2D eigenvalue weighted by Crippen LogP contribution is -2.35. The molecule has 4 rings (SSSR count). The molecule has 25 heavy (non-hydrogen) atoms. The van der Waals surface area contributed by atoms with Crippen LogP contribution in [-0.2, 0) is 19.4 Å². The van der Waals surface area contributed by atoms with Crippen LogP contribution in [0.3, 0.4) is 0 Å². The number of aryl methyl sites for hydroxylation is 1. The van der Waals surface area contributed by atoms with Crippen molar-refractivity contribution in [2.75, 3.05) is 6.54 Å². The Balaban J connectivity index is 1.62. The van der Waals surface area contributed by atoms with E-state index >= 15 is 0 Å². The van der Waals surface area contributed by atoms with Gasteiger partial charge in [-0.05, 0) is 54.3 Å². The largest absolute Gasteiger partial charge is 0.357 e. The van der Waals surface area contributed by atoms with Crippen LogP contribution in [0.5, 0.6) is 0 Å². The average Bonchev–Trinajstić information content (AvgIpc) is 2.98. The number of aromatic amines is 1. The van der Waals surface area contributed by atoms with Crippen LogP contribution in [0.15, 0.2) is 36.4 Å². The highest BCUT2D eigenvalue weighted by Gasteiger charge is 2.25. The summed E-state index contributed by atoms with van der Waals surface area (Å²) in [6, 6.07) is 11.5. The summed E-state index contributed by atoms with van der Waals surface area (Å²) in [5.41, 5.74) is 5.13. The van der Waals surface area contributed by atoms with Gasteiger partial charge in [-0.2, -0.15) is 0 Å². The van der Waals surface area contributed by atoms with E-state index in [4.69, 9.17) is 23.2 Å². The number of nitrogens with zero attached hydrogens (tertiary/aromatic N) is 1. The van der Waals surface area contributed by atoms with Gasteiger partial charge in [0, 0.05) is 38.8 Å². The van der Waals surface area contributed by atoms with Gasteiger partial charge in [0.25, 0.3) is 5.91 Å². The summed E-state index contributed by atoms with van der Waals surface area (Å²) < 4.78 is 0. The molecule has 0 fully saturated rings. The molecule has 1 N–H and O–H groups in total. The molecule has 0 saturated heterocycles. The maximum Gasteiger partial charge on any atom is 0.254 e. The monoisotopic (exact) mass is 372 g/mol. The van der Waals surface area contributed by atoms with Gasteiger partial charge in [-0.15, -0.1) is 0 Å². The number of H-pyrrole nitrogens is 1. The molecule has 0 spiro atoms. The lowest BCUT2D eigenvalue weighted by Gasteiger charge is -2.27. The zero-order valence-corrected chi connectivity index (χ0v) is 15.4. The first-order valence-electron chi connectivity index (χ1n) is 8.43. The number of hydrogen-bond donors (Lipinski definition) is 1. The van der Waals surface area contributed by atoms with Crippen molar-refractivity contribution in [3.63, 3.8) is 0 Å². The summed E-state index contributed by atoms with van der Waals surface area (Å²) >= 11 is 12.4. The standard InChI is InChI=1S/C20H18Cl2N2O/c1-2-12-3-4-13(9-17(12)22)20(25)24-8-7-15-16-10-14(21)5-6-18(16)23-19(15)11-24/h3-6,9-10,23H,2,7-8,11H2,1H3. The molecule has 3 nitrogen and oxygen atoms in total. The van der Waals surface area contributed by atoms with Crippen molar-refractivity contribution >= 4 is 40.0 Å².